The van der Waals surface area contributed by atoms with Crippen molar-refractivity contribution in [1.82, 2.24) is 15.0 Å². The fraction of sp³-hybridized carbons (Fsp3) is 0.400. The van der Waals surface area contributed by atoms with Crippen LogP contribution < -0.4 is 0 Å². The van der Waals surface area contributed by atoms with E-state index in [4.69, 9.17) is 0 Å². The highest BCUT2D eigenvalue weighted by molar-refractivity contribution is 5.72. The lowest BCUT2D eigenvalue weighted by Gasteiger charge is -2.36. The predicted octanol–water partition coefficient (Wildman–Crippen LogP) is 4.53. The van der Waals surface area contributed by atoms with E-state index in [0.29, 0.717) is 12.3 Å². The molecule has 0 fully saturated rings. The Balaban J connectivity index is 1.99. The molecule has 0 saturated carbocycles. The number of phenolic OH excluding ortho intramolecular Hbond substituents is 1. The van der Waals surface area contributed by atoms with Crippen LogP contribution in [-0.2, 0) is 12.0 Å². The average Bonchev–Trinajstić information content (AvgIpc) is 2.87. The molecule has 0 radical (unpaired) electrons. The van der Waals surface area contributed by atoms with Gasteiger partial charge in [-0.15, -0.1) is 0 Å². The third-order valence-corrected chi connectivity index (χ3v) is 4.30. The first kappa shape index (κ1) is 16.5. The Bertz CT molecular complexity index is 797. The number of hydrogen-bond donors (Lipinski definition) is 1. The van der Waals surface area contributed by atoms with Crippen molar-refractivity contribution in [2.45, 2.75) is 46.1 Å². The van der Waals surface area contributed by atoms with Gasteiger partial charge in [0.1, 0.15) is 16.8 Å². The number of aromatic hydroxyl groups is 1. The number of fused-ring (bicyclic) bond motifs is 1. The summed E-state index contributed by atoms with van der Waals surface area (Å²) in [5.41, 5.74) is 3.07. The van der Waals surface area contributed by atoms with E-state index in [1.54, 1.807) is 12.1 Å². The highest BCUT2D eigenvalue weighted by Crippen LogP contribution is 2.38. The molecule has 0 saturated heterocycles. The molecule has 0 bridgehead atoms. The molecule has 0 aliphatic heterocycles. The second kappa shape index (κ2) is 5.93. The summed E-state index contributed by atoms with van der Waals surface area (Å²) in [6.07, 6.45) is 0.989. The van der Waals surface area contributed by atoms with Crippen LogP contribution in [-0.4, -0.2) is 20.1 Å². The normalized spacial score (nSPS) is 14.7. The van der Waals surface area contributed by atoms with Crippen LogP contribution in [0.15, 0.2) is 48.5 Å². The molecule has 1 unspecified atom stereocenters. The van der Waals surface area contributed by atoms with Crippen LogP contribution in [0.1, 0.15) is 39.7 Å². The van der Waals surface area contributed by atoms with Gasteiger partial charge in [0.05, 0.1) is 6.54 Å². The molecule has 3 aromatic rings. The Morgan fingerprint density at radius 2 is 1.42 bits per heavy atom. The van der Waals surface area contributed by atoms with Crippen LogP contribution in [0.4, 0.5) is 0 Å². The van der Waals surface area contributed by atoms with Crippen LogP contribution in [0.5, 0.6) is 5.75 Å². The zero-order valence-electron chi connectivity index (χ0n) is 14.8. The van der Waals surface area contributed by atoms with Crippen molar-refractivity contribution >= 4 is 11.0 Å². The maximum Gasteiger partial charge on any atom is 0.115 e. The first-order chi connectivity index (χ1) is 11.3. The molecule has 24 heavy (non-hydrogen) atoms. The van der Waals surface area contributed by atoms with E-state index in [-0.39, 0.29) is 10.8 Å². The van der Waals surface area contributed by atoms with Gasteiger partial charge in [0, 0.05) is 5.41 Å². The maximum absolute atomic E-state index is 9.61. The van der Waals surface area contributed by atoms with Crippen LogP contribution in [0.2, 0.25) is 0 Å². The first-order valence-corrected chi connectivity index (χ1v) is 8.35. The summed E-state index contributed by atoms with van der Waals surface area (Å²) in [4.78, 5) is 1.81. The van der Waals surface area contributed by atoms with Gasteiger partial charge in [0.2, 0.25) is 0 Å². The monoisotopic (exact) mass is 323 g/mol. The third kappa shape index (κ3) is 3.58. The number of aromatic nitrogens is 3. The van der Waals surface area contributed by atoms with E-state index in [2.05, 4.69) is 37.9 Å². The molecular weight excluding hydrogens is 298 g/mol. The molecule has 1 aromatic heterocycles. The summed E-state index contributed by atoms with van der Waals surface area (Å²) in [5, 5.41) is 18.9. The smallest absolute Gasteiger partial charge is 0.115 e. The Kier molecular flexibility index (Phi) is 4.08. The van der Waals surface area contributed by atoms with E-state index in [1.165, 1.54) is 5.56 Å². The lowest BCUT2D eigenvalue weighted by molar-refractivity contribution is 0.229. The van der Waals surface area contributed by atoms with Crippen molar-refractivity contribution in [3.05, 3.63) is 54.1 Å². The SMILES string of the molecule is CC(C)(C)CC(C)(Cn1nc2ccccc2n1)c1ccc(O)cc1. The molecule has 1 heterocycles. The summed E-state index contributed by atoms with van der Waals surface area (Å²) >= 11 is 0. The molecular formula is C20H25N3O. The minimum atomic E-state index is -0.124. The molecule has 1 N–H and O–H groups in total. The van der Waals surface area contributed by atoms with E-state index in [0.717, 1.165) is 17.5 Å². The molecule has 4 nitrogen and oxygen atoms in total. The Morgan fingerprint density at radius 3 is 1.92 bits per heavy atom. The van der Waals surface area contributed by atoms with Crippen LogP contribution in [0.25, 0.3) is 11.0 Å². The van der Waals surface area contributed by atoms with Gasteiger partial charge in [-0.05, 0) is 41.7 Å². The van der Waals surface area contributed by atoms with Gasteiger partial charge in [-0.1, -0.05) is 52.0 Å². The Labute approximate surface area is 143 Å². The molecule has 126 valence electrons. The van der Waals surface area contributed by atoms with Gasteiger partial charge in [0.25, 0.3) is 0 Å². The zero-order chi connectivity index (χ0) is 17.4. The molecule has 2 aromatic carbocycles. The van der Waals surface area contributed by atoms with Crippen molar-refractivity contribution in [2.24, 2.45) is 5.41 Å². The third-order valence-electron chi connectivity index (χ3n) is 4.30. The summed E-state index contributed by atoms with van der Waals surface area (Å²) in [7, 11) is 0. The summed E-state index contributed by atoms with van der Waals surface area (Å²) in [6, 6.07) is 15.5. The maximum atomic E-state index is 9.61. The molecule has 0 amide bonds. The number of benzene rings is 2. The number of hydrogen-bond acceptors (Lipinski definition) is 3. The highest BCUT2D eigenvalue weighted by Gasteiger charge is 2.33. The first-order valence-electron chi connectivity index (χ1n) is 8.35. The minimum Gasteiger partial charge on any atom is -0.508 e. The number of phenols is 1. The fourth-order valence-corrected chi connectivity index (χ4v) is 3.57. The van der Waals surface area contributed by atoms with Gasteiger partial charge < -0.3 is 5.11 Å². The fourth-order valence-electron chi connectivity index (χ4n) is 3.57. The van der Waals surface area contributed by atoms with Crippen molar-refractivity contribution in [2.75, 3.05) is 0 Å². The molecule has 0 spiro atoms. The zero-order valence-corrected chi connectivity index (χ0v) is 14.8. The highest BCUT2D eigenvalue weighted by atomic mass is 16.3. The van der Waals surface area contributed by atoms with Gasteiger partial charge in [-0.3, -0.25) is 0 Å². The van der Waals surface area contributed by atoms with Crippen molar-refractivity contribution < 1.29 is 5.11 Å². The van der Waals surface area contributed by atoms with Gasteiger partial charge in [-0.25, -0.2) is 0 Å². The van der Waals surface area contributed by atoms with E-state index in [9.17, 15) is 5.11 Å². The lowest BCUT2D eigenvalue weighted by Crippen LogP contribution is -2.33. The molecule has 1 atom stereocenters. The Hall–Kier alpha value is -2.36. The minimum absolute atomic E-state index is 0.124. The van der Waals surface area contributed by atoms with Crippen molar-refractivity contribution in [1.29, 1.82) is 0 Å². The molecule has 0 aliphatic carbocycles. The second-order valence-corrected chi connectivity index (χ2v) is 8.06. The van der Waals surface area contributed by atoms with Crippen LogP contribution in [0, 0.1) is 5.41 Å². The summed E-state index contributed by atoms with van der Waals surface area (Å²) in [5.74, 6) is 0.291. The van der Waals surface area contributed by atoms with E-state index < -0.39 is 0 Å². The van der Waals surface area contributed by atoms with Gasteiger partial charge in [0.15, 0.2) is 0 Å². The molecule has 3 rings (SSSR count). The number of nitrogens with zero attached hydrogens (tertiary/aromatic N) is 3. The van der Waals surface area contributed by atoms with Gasteiger partial charge in [-0.2, -0.15) is 15.0 Å². The summed E-state index contributed by atoms with van der Waals surface area (Å²) < 4.78 is 0. The Morgan fingerprint density at radius 1 is 0.875 bits per heavy atom. The average molecular weight is 323 g/mol. The lowest BCUT2D eigenvalue weighted by atomic mass is 9.71. The van der Waals surface area contributed by atoms with Crippen molar-refractivity contribution in [3.63, 3.8) is 0 Å². The topological polar surface area (TPSA) is 50.9 Å². The second-order valence-electron chi connectivity index (χ2n) is 8.06. The standard InChI is InChI=1S/C20H25N3O/c1-19(2,3)13-20(4,15-9-11-16(24)12-10-15)14-23-21-17-7-5-6-8-18(17)22-23/h5-12,24H,13-14H2,1-4H3. The van der Waals surface area contributed by atoms with Crippen LogP contribution in [0.3, 0.4) is 0 Å². The number of rotatable bonds is 4. The van der Waals surface area contributed by atoms with Crippen molar-refractivity contribution in [3.8, 4) is 5.75 Å². The molecule has 4 heteroatoms. The predicted molar refractivity (Wildman–Crippen MR) is 97.1 cm³/mol. The van der Waals surface area contributed by atoms with Gasteiger partial charge >= 0.3 is 0 Å². The largest absolute Gasteiger partial charge is 0.508 e. The van der Waals surface area contributed by atoms with E-state index in [1.807, 2.05) is 41.2 Å². The quantitative estimate of drug-likeness (QED) is 0.767. The summed E-state index contributed by atoms with van der Waals surface area (Å²) in [6.45, 7) is 9.69. The molecule has 0 aliphatic rings. The van der Waals surface area contributed by atoms with Crippen LogP contribution >= 0.6 is 0 Å². The van der Waals surface area contributed by atoms with E-state index >= 15 is 0 Å².